The van der Waals surface area contributed by atoms with E-state index >= 15 is 0 Å². The van der Waals surface area contributed by atoms with Crippen molar-refractivity contribution in [3.05, 3.63) is 29.8 Å². The molecule has 0 saturated heterocycles. The standard InChI is InChI=1S/C14H23NOS/c1-4-9-15-12(2)13-7-5-6-8-14(13)16-10-11-17-3/h5-8,12,15H,4,9-11H2,1-3H3. The largest absolute Gasteiger partial charge is 0.492 e. The van der Waals surface area contributed by atoms with E-state index in [2.05, 4.69) is 43.6 Å². The van der Waals surface area contributed by atoms with Crippen LogP contribution in [0.1, 0.15) is 31.9 Å². The van der Waals surface area contributed by atoms with E-state index in [0.29, 0.717) is 6.04 Å². The van der Waals surface area contributed by atoms with Gasteiger partial charge in [-0.2, -0.15) is 11.8 Å². The second-order valence-electron chi connectivity index (χ2n) is 4.05. The first-order valence-corrected chi connectivity index (χ1v) is 7.63. The van der Waals surface area contributed by atoms with E-state index in [1.807, 2.05) is 17.8 Å². The van der Waals surface area contributed by atoms with Gasteiger partial charge in [0.05, 0.1) is 6.61 Å². The van der Waals surface area contributed by atoms with Gasteiger partial charge in [0.1, 0.15) is 5.75 Å². The Morgan fingerprint density at radius 1 is 1.35 bits per heavy atom. The second-order valence-corrected chi connectivity index (χ2v) is 5.04. The van der Waals surface area contributed by atoms with Gasteiger partial charge in [-0.15, -0.1) is 0 Å². The van der Waals surface area contributed by atoms with Gasteiger partial charge >= 0.3 is 0 Å². The van der Waals surface area contributed by atoms with Crippen LogP contribution < -0.4 is 10.1 Å². The van der Waals surface area contributed by atoms with Gasteiger partial charge < -0.3 is 10.1 Å². The summed E-state index contributed by atoms with van der Waals surface area (Å²) in [6.45, 7) is 6.19. The van der Waals surface area contributed by atoms with Crippen LogP contribution >= 0.6 is 11.8 Å². The zero-order valence-corrected chi connectivity index (χ0v) is 11.8. The van der Waals surface area contributed by atoms with Crippen molar-refractivity contribution < 1.29 is 4.74 Å². The third-order valence-electron chi connectivity index (χ3n) is 2.63. The molecule has 1 aromatic carbocycles. The monoisotopic (exact) mass is 253 g/mol. The van der Waals surface area contributed by atoms with Crippen molar-refractivity contribution in [1.82, 2.24) is 5.32 Å². The van der Waals surface area contributed by atoms with E-state index in [1.54, 1.807) is 0 Å². The van der Waals surface area contributed by atoms with Crippen LogP contribution in [0.15, 0.2) is 24.3 Å². The van der Waals surface area contributed by atoms with Crippen LogP contribution in [-0.2, 0) is 0 Å². The lowest BCUT2D eigenvalue weighted by Crippen LogP contribution is -2.20. The van der Waals surface area contributed by atoms with E-state index in [9.17, 15) is 0 Å². The molecule has 1 atom stereocenters. The van der Waals surface area contributed by atoms with Crippen LogP contribution in [0.4, 0.5) is 0 Å². The first-order chi connectivity index (χ1) is 8.29. The second kappa shape index (κ2) is 8.43. The fraction of sp³-hybridized carbons (Fsp3) is 0.571. The summed E-state index contributed by atoms with van der Waals surface area (Å²) in [6, 6.07) is 8.65. The number of benzene rings is 1. The Morgan fingerprint density at radius 2 is 2.12 bits per heavy atom. The molecule has 0 aliphatic rings. The predicted molar refractivity (Wildman–Crippen MR) is 77.0 cm³/mol. The smallest absolute Gasteiger partial charge is 0.124 e. The Labute approximate surface area is 109 Å². The lowest BCUT2D eigenvalue weighted by molar-refractivity contribution is 0.336. The molecule has 0 aliphatic heterocycles. The van der Waals surface area contributed by atoms with Crippen molar-refractivity contribution in [3.63, 3.8) is 0 Å². The molecule has 1 unspecified atom stereocenters. The fourth-order valence-corrected chi connectivity index (χ4v) is 1.93. The molecule has 2 nitrogen and oxygen atoms in total. The van der Waals surface area contributed by atoms with Crippen molar-refractivity contribution in [3.8, 4) is 5.75 Å². The number of ether oxygens (including phenoxy) is 1. The molecular weight excluding hydrogens is 230 g/mol. The normalized spacial score (nSPS) is 12.4. The summed E-state index contributed by atoms with van der Waals surface area (Å²) in [7, 11) is 0. The van der Waals surface area contributed by atoms with Crippen LogP contribution in [0, 0.1) is 0 Å². The molecule has 0 aliphatic carbocycles. The molecule has 0 saturated carbocycles. The fourth-order valence-electron chi connectivity index (χ4n) is 1.68. The first-order valence-electron chi connectivity index (χ1n) is 6.23. The highest BCUT2D eigenvalue weighted by molar-refractivity contribution is 7.98. The van der Waals surface area contributed by atoms with Crippen LogP contribution in [0.3, 0.4) is 0 Å². The maximum absolute atomic E-state index is 5.82. The third-order valence-corrected chi connectivity index (χ3v) is 3.21. The summed E-state index contributed by atoms with van der Waals surface area (Å²) >= 11 is 1.81. The maximum atomic E-state index is 5.82. The average molecular weight is 253 g/mol. The summed E-state index contributed by atoms with van der Waals surface area (Å²) in [5, 5.41) is 3.49. The Kier molecular flexibility index (Phi) is 7.13. The minimum Gasteiger partial charge on any atom is -0.492 e. The number of hydrogen-bond acceptors (Lipinski definition) is 3. The SMILES string of the molecule is CCCNC(C)c1ccccc1OCCSC. The highest BCUT2D eigenvalue weighted by atomic mass is 32.2. The molecule has 1 rings (SSSR count). The molecule has 1 N–H and O–H groups in total. The highest BCUT2D eigenvalue weighted by Gasteiger charge is 2.09. The van der Waals surface area contributed by atoms with Crippen LogP contribution in [0.25, 0.3) is 0 Å². The Hall–Kier alpha value is -0.670. The Morgan fingerprint density at radius 3 is 2.82 bits per heavy atom. The summed E-state index contributed by atoms with van der Waals surface area (Å²) in [5.41, 5.74) is 1.25. The number of hydrogen-bond donors (Lipinski definition) is 1. The van der Waals surface area contributed by atoms with E-state index < -0.39 is 0 Å². The van der Waals surface area contributed by atoms with Crippen molar-refractivity contribution >= 4 is 11.8 Å². The predicted octanol–water partition coefficient (Wildman–Crippen LogP) is 3.49. The van der Waals surface area contributed by atoms with Gasteiger partial charge in [-0.05, 0) is 32.2 Å². The lowest BCUT2D eigenvalue weighted by Gasteiger charge is -2.18. The molecule has 17 heavy (non-hydrogen) atoms. The number of rotatable bonds is 8. The van der Waals surface area contributed by atoms with Gasteiger partial charge in [-0.3, -0.25) is 0 Å². The van der Waals surface area contributed by atoms with Crippen LogP contribution in [-0.4, -0.2) is 25.2 Å². The third kappa shape index (κ3) is 5.00. The molecule has 1 aromatic rings. The van der Waals surface area contributed by atoms with Crippen molar-refractivity contribution in [2.45, 2.75) is 26.3 Å². The van der Waals surface area contributed by atoms with Crippen molar-refractivity contribution in [2.75, 3.05) is 25.2 Å². The molecule has 0 bridgehead atoms. The quantitative estimate of drug-likeness (QED) is 0.717. The van der Waals surface area contributed by atoms with Gasteiger partial charge in [0, 0.05) is 17.4 Å². The topological polar surface area (TPSA) is 21.3 Å². The molecule has 96 valence electrons. The zero-order chi connectivity index (χ0) is 12.5. The van der Waals surface area contributed by atoms with Crippen molar-refractivity contribution in [1.29, 1.82) is 0 Å². The molecular formula is C14H23NOS. The number of nitrogens with one attached hydrogen (secondary N) is 1. The van der Waals surface area contributed by atoms with Gasteiger partial charge in [0.15, 0.2) is 0 Å². The van der Waals surface area contributed by atoms with Gasteiger partial charge in [0.25, 0.3) is 0 Å². The molecule has 0 spiro atoms. The minimum atomic E-state index is 0.348. The average Bonchev–Trinajstić information content (AvgIpc) is 2.37. The maximum Gasteiger partial charge on any atom is 0.124 e. The molecule has 0 radical (unpaired) electrons. The summed E-state index contributed by atoms with van der Waals surface area (Å²) in [4.78, 5) is 0. The van der Waals surface area contributed by atoms with Gasteiger partial charge in [-0.25, -0.2) is 0 Å². The van der Waals surface area contributed by atoms with E-state index in [0.717, 1.165) is 31.1 Å². The Bertz CT molecular complexity index is 317. The summed E-state index contributed by atoms with van der Waals surface area (Å²) in [6.07, 6.45) is 3.25. The van der Waals surface area contributed by atoms with E-state index in [1.165, 1.54) is 5.56 Å². The number of thioether (sulfide) groups is 1. The highest BCUT2D eigenvalue weighted by Crippen LogP contribution is 2.24. The van der Waals surface area contributed by atoms with Crippen molar-refractivity contribution in [2.24, 2.45) is 0 Å². The molecule has 3 heteroatoms. The molecule has 0 fully saturated rings. The first kappa shape index (κ1) is 14.4. The Balaban J connectivity index is 2.62. The van der Waals surface area contributed by atoms with E-state index in [4.69, 9.17) is 4.74 Å². The summed E-state index contributed by atoms with van der Waals surface area (Å²) in [5.74, 6) is 2.04. The lowest BCUT2D eigenvalue weighted by atomic mass is 10.1. The van der Waals surface area contributed by atoms with Gasteiger partial charge in [0.2, 0.25) is 0 Å². The minimum absolute atomic E-state index is 0.348. The van der Waals surface area contributed by atoms with Gasteiger partial charge in [-0.1, -0.05) is 25.1 Å². The molecule has 0 amide bonds. The summed E-state index contributed by atoms with van der Waals surface area (Å²) < 4.78 is 5.82. The zero-order valence-electron chi connectivity index (χ0n) is 11.0. The van der Waals surface area contributed by atoms with E-state index in [-0.39, 0.29) is 0 Å². The molecule has 0 aromatic heterocycles. The van der Waals surface area contributed by atoms with Crippen LogP contribution in [0.5, 0.6) is 5.75 Å². The number of para-hydroxylation sites is 1. The molecule has 0 heterocycles. The van der Waals surface area contributed by atoms with Crippen LogP contribution in [0.2, 0.25) is 0 Å².